The maximum atomic E-state index is 5.33. The Hall–Kier alpha value is 1.92. The fraction of sp³-hybridized carbons (Fsp3) is 1.00. The van der Waals surface area contributed by atoms with Crippen LogP contribution in [0, 0.1) is 0 Å². The molecule has 0 amide bonds. The van der Waals surface area contributed by atoms with Gasteiger partial charge in [0.05, 0.1) is 18.9 Å². The third-order valence-corrected chi connectivity index (χ3v) is 3.76. The average molecular weight is 264 g/mol. The smallest absolute Gasteiger partial charge is 0.691 e. The standard InChI is InChI=1S/C8H19O2PS2.Na/c1-3-5-7-9-11(12,13)10-8-6-4-2;/h3-8H2,1-2H3,(H,12,13);/q;+1/p-1. The quantitative estimate of drug-likeness (QED) is 0.273. The van der Waals surface area contributed by atoms with Gasteiger partial charge in [-0.2, -0.15) is 0 Å². The second-order valence-electron chi connectivity index (χ2n) is 2.82. The second kappa shape index (κ2) is 11.4. The van der Waals surface area contributed by atoms with Gasteiger partial charge in [0.2, 0.25) is 0 Å². The van der Waals surface area contributed by atoms with Gasteiger partial charge in [0.1, 0.15) is 0 Å². The van der Waals surface area contributed by atoms with Crippen LogP contribution in [0.1, 0.15) is 39.5 Å². The SMILES string of the molecule is CCCCOP(=S)([S-])OCCCC.[Na+]. The zero-order valence-electron chi connectivity index (χ0n) is 9.32. The molecular formula is C8H18NaO2PS2. The van der Waals surface area contributed by atoms with E-state index >= 15 is 0 Å². The predicted molar refractivity (Wildman–Crippen MR) is 63.4 cm³/mol. The van der Waals surface area contributed by atoms with Crippen molar-refractivity contribution in [3.05, 3.63) is 0 Å². The molecule has 0 N–H and O–H groups in total. The fourth-order valence-corrected chi connectivity index (χ4v) is 2.35. The van der Waals surface area contributed by atoms with Crippen LogP contribution in [0.5, 0.6) is 0 Å². The summed E-state index contributed by atoms with van der Waals surface area (Å²) in [5.74, 6) is 0. The molecule has 6 heteroatoms. The molecule has 80 valence electrons. The topological polar surface area (TPSA) is 18.5 Å². The Bertz CT molecular complexity index is 155. The zero-order valence-corrected chi connectivity index (χ0v) is 13.9. The van der Waals surface area contributed by atoms with Crippen LogP contribution in [0.4, 0.5) is 0 Å². The molecule has 0 rings (SSSR count). The Labute approximate surface area is 120 Å². The van der Waals surface area contributed by atoms with Crippen molar-refractivity contribution in [1.29, 1.82) is 0 Å². The molecule has 0 aliphatic carbocycles. The minimum Gasteiger partial charge on any atom is -0.691 e. The molecule has 0 radical (unpaired) electrons. The summed E-state index contributed by atoms with van der Waals surface area (Å²) in [5, 5.41) is 0. The van der Waals surface area contributed by atoms with E-state index in [2.05, 4.69) is 13.8 Å². The Morgan fingerprint density at radius 1 is 1.07 bits per heavy atom. The van der Waals surface area contributed by atoms with E-state index < -0.39 is 5.69 Å². The van der Waals surface area contributed by atoms with Gasteiger partial charge in [-0.3, -0.25) is 0 Å². The average Bonchev–Trinajstić information content (AvgIpc) is 2.05. The van der Waals surface area contributed by atoms with Crippen molar-refractivity contribution in [1.82, 2.24) is 0 Å². The summed E-state index contributed by atoms with van der Waals surface area (Å²) < 4.78 is 10.7. The van der Waals surface area contributed by atoms with Crippen molar-refractivity contribution in [2.45, 2.75) is 39.5 Å². The molecule has 2 nitrogen and oxygen atoms in total. The molecule has 0 spiro atoms. The Kier molecular flexibility index (Phi) is 14.9. The van der Waals surface area contributed by atoms with Gasteiger partial charge in [-0.05, 0) is 12.8 Å². The summed E-state index contributed by atoms with van der Waals surface area (Å²) in [6.45, 7) is 5.50. The van der Waals surface area contributed by atoms with Crippen LogP contribution in [0.15, 0.2) is 0 Å². The molecule has 14 heavy (non-hydrogen) atoms. The van der Waals surface area contributed by atoms with E-state index in [1.807, 2.05) is 0 Å². The largest absolute Gasteiger partial charge is 1.00 e. The first-order chi connectivity index (χ1) is 6.12. The molecule has 0 atom stereocenters. The summed E-state index contributed by atoms with van der Waals surface area (Å²) in [4.78, 5) is 0. The molecule has 0 aliphatic rings. The van der Waals surface area contributed by atoms with Gasteiger partial charge in [0.15, 0.2) is 0 Å². The monoisotopic (exact) mass is 264 g/mol. The molecule has 0 aliphatic heterocycles. The van der Waals surface area contributed by atoms with Gasteiger partial charge in [-0.1, -0.05) is 38.5 Å². The van der Waals surface area contributed by atoms with Gasteiger partial charge in [-0.15, -0.1) is 0 Å². The van der Waals surface area contributed by atoms with E-state index in [0.29, 0.717) is 13.2 Å². The van der Waals surface area contributed by atoms with Gasteiger partial charge >= 0.3 is 29.6 Å². The van der Waals surface area contributed by atoms with E-state index in [0.717, 1.165) is 25.7 Å². The molecule has 0 aromatic carbocycles. The van der Waals surface area contributed by atoms with E-state index in [9.17, 15) is 0 Å². The van der Waals surface area contributed by atoms with E-state index in [4.69, 9.17) is 33.1 Å². The molecule has 0 saturated carbocycles. The zero-order chi connectivity index (χ0) is 10.2. The van der Waals surface area contributed by atoms with Crippen molar-refractivity contribution in [2.75, 3.05) is 13.2 Å². The number of hydrogen-bond acceptors (Lipinski definition) is 4. The van der Waals surface area contributed by atoms with Gasteiger partial charge in [0.25, 0.3) is 0 Å². The van der Waals surface area contributed by atoms with Crippen LogP contribution in [0.3, 0.4) is 0 Å². The molecular weight excluding hydrogens is 246 g/mol. The molecule has 0 saturated heterocycles. The van der Waals surface area contributed by atoms with Gasteiger partial charge in [-0.25, -0.2) is 0 Å². The normalized spacial score (nSPS) is 11.1. The van der Waals surface area contributed by atoms with Crippen molar-refractivity contribution >= 4 is 29.7 Å². The molecule has 0 fully saturated rings. The number of hydrogen-bond donors (Lipinski definition) is 0. The maximum Gasteiger partial charge on any atom is 1.00 e. The fourth-order valence-electron chi connectivity index (χ4n) is 0.679. The summed E-state index contributed by atoms with van der Waals surface area (Å²) in [6.07, 6.45) is 4.21. The maximum absolute atomic E-state index is 5.33. The van der Waals surface area contributed by atoms with Crippen LogP contribution in [-0.4, -0.2) is 13.2 Å². The molecule has 0 bridgehead atoms. The van der Waals surface area contributed by atoms with Crippen LogP contribution >= 0.6 is 5.69 Å². The third kappa shape index (κ3) is 12.0. The van der Waals surface area contributed by atoms with Crippen LogP contribution in [-0.2, 0) is 33.1 Å². The summed E-state index contributed by atoms with van der Waals surface area (Å²) in [7, 11) is 0. The van der Waals surface area contributed by atoms with Crippen molar-refractivity contribution in [3.8, 4) is 0 Å². The van der Waals surface area contributed by atoms with E-state index in [1.165, 1.54) is 0 Å². The molecule has 0 unspecified atom stereocenters. The van der Waals surface area contributed by atoms with Crippen LogP contribution in [0.25, 0.3) is 0 Å². The summed E-state index contributed by atoms with van der Waals surface area (Å²) in [5.41, 5.74) is -2.34. The van der Waals surface area contributed by atoms with Crippen molar-refractivity contribution < 1.29 is 38.6 Å². The predicted octanol–water partition coefficient (Wildman–Crippen LogP) is 0.395. The Morgan fingerprint density at radius 3 is 1.71 bits per heavy atom. The summed E-state index contributed by atoms with van der Waals surface area (Å²) >= 11 is 10.1. The van der Waals surface area contributed by atoms with Crippen LogP contribution < -0.4 is 29.6 Å². The number of unbranched alkanes of at least 4 members (excludes halogenated alkanes) is 2. The van der Waals surface area contributed by atoms with E-state index in [1.54, 1.807) is 0 Å². The first-order valence-corrected chi connectivity index (χ1v) is 8.37. The molecule has 0 heterocycles. The van der Waals surface area contributed by atoms with Crippen LogP contribution in [0.2, 0.25) is 0 Å². The van der Waals surface area contributed by atoms with Crippen molar-refractivity contribution in [3.63, 3.8) is 0 Å². The molecule has 0 aromatic heterocycles. The number of rotatable bonds is 8. The van der Waals surface area contributed by atoms with Crippen molar-refractivity contribution in [2.24, 2.45) is 0 Å². The minimum atomic E-state index is -2.34. The third-order valence-electron chi connectivity index (χ3n) is 1.49. The van der Waals surface area contributed by atoms with Gasteiger partial charge < -0.3 is 21.3 Å². The Morgan fingerprint density at radius 2 is 1.43 bits per heavy atom. The Balaban J connectivity index is 0. The first-order valence-electron chi connectivity index (χ1n) is 4.72. The second-order valence-corrected chi connectivity index (χ2v) is 7.81. The minimum absolute atomic E-state index is 0. The van der Waals surface area contributed by atoms with Gasteiger partial charge in [0, 0.05) is 0 Å². The van der Waals surface area contributed by atoms with E-state index in [-0.39, 0.29) is 29.6 Å². The molecule has 0 aromatic rings. The first kappa shape index (κ1) is 18.3. The summed E-state index contributed by atoms with van der Waals surface area (Å²) in [6, 6.07) is 0.